The van der Waals surface area contributed by atoms with Crippen LogP contribution < -0.4 is 0 Å². The molecule has 2 aromatic rings. The average Bonchev–Trinajstić information content (AvgIpc) is 3.14. The second-order valence-electron chi connectivity index (χ2n) is 6.91. The molecule has 1 unspecified atom stereocenters. The molecule has 0 saturated carbocycles. The molecule has 1 spiro atoms. The first-order valence-electron chi connectivity index (χ1n) is 9.21. The molecule has 4 heterocycles. The first-order valence-corrected chi connectivity index (χ1v) is 9.21. The van der Waals surface area contributed by atoms with Gasteiger partial charge in [-0.15, -0.1) is 0 Å². The van der Waals surface area contributed by atoms with E-state index < -0.39 is 5.79 Å². The molecule has 2 aliphatic heterocycles. The monoisotopic (exact) mass is 386 g/mol. The lowest BCUT2D eigenvalue weighted by molar-refractivity contribution is -0.284. The number of morpholine rings is 2. The highest BCUT2D eigenvalue weighted by Gasteiger charge is 2.45. The summed E-state index contributed by atoms with van der Waals surface area (Å²) in [5.41, 5.74) is 1.26. The van der Waals surface area contributed by atoms with Crippen LogP contribution in [0.1, 0.15) is 21.9 Å². The maximum Gasteiger partial charge on any atom is 0.291 e. The van der Waals surface area contributed by atoms with E-state index in [9.17, 15) is 9.59 Å². The van der Waals surface area contributed by atoms with Crippen molar-refractivity contribution in [2.75, 3.05) is 39.4 Å². The van der Waals surface area contributed by atoms with E-state index in [-0.39, 0.29) is 37.1 Å². The number of aryl methyl sites for hydroxylation is 1. The lowest BCUT2D eigenvalue weighted by Crippen LogP contribution is -2.63. The maximum atomic E-state index is 12.8. The number of carbonyl (C=O) groups is 2. The Balaban J connectivity index is 1.44. The molecule has 148 valence electrons. The molecule has 0 aliphatic carbocycles. The van der Waals surface area contributed by atoms with Gasteiger partial charge in [-0.05, 0) is 19.1 Å². The average molecular weight is 386 g/mol. The Bertz CT molecular complexity index is 851. The number of pyridine rings is 1. The summed E-state index contributed by atoms with van der Waals surface area (Å²) >= 11 is 0. The molecule has 9 heteroatoms. The molecule has 0 aromatic carbocycles. The summed E-state index contributed by atoms with van der Waals surface area (Å²) in [6, 6.07) is 5.50. The summed E-state index contributed by atoms with van der Waals surface area (Å²) in [4.78, 5) is 37.0. The fourth-order valence-corrected chi connectivity index (χ4v) is 3.50. The van der Waals surface area contributed by atoms with Crippen molar-refractivity contribution in [1.82, 2.24) is 19.8 Å². The number of rotatable bonds is 3. The molecule has 9 nitrogen and oxygen atoms in total. The molecule has 2 saturated heterocycles. The molecule has 2 aliphatic rings. The van der Waals surface area contributed by atoms with Crippen molar-refractivity contribution in [3.8, 4) is 0 Å². The molecule has 1 atom stereocenters. The fraction of sp³-hybridized carbons (Fsp3) is 0.474. The van der Waals surface area contributed by atoms with Crippen LogP contribution in [0.3, 0.4) is 0 Å². The van der Waals surface area contributed by atoms with Gasteiger partial charge in [-0.3, -0.25) is 14.6 Å². The van der Waals surface area contributed by atoms with Gasteiger partial charge in [0, 0.05) is 25.0 Å². The molecule has 2 fully saturated rings. The highest BCUT2D eigenvalue weighted by Crippen LogP contribution is 2.26. The summed E-state index contributed by atoms with van der Waals surface area (Å²) in [5.74, 6) is -1.10. The van der Waals surface area contributed by atoms with Crippen molar-refractivity contribution in [1.29, 1.82) is 0 Å². The van der Waals surface area contributed by atoms with Crippen LogP contribution >= 0.6 is 0 Å². The smallest absolute Gasteiger partial charge is 0.291 e. The molecular weight excluding hydrogens is 364 g/mol. The molecule has 2 aromatic heterocycles. The molecule has 0 N–H and O–H groups in total. The van der Waals surface area contributed by atoms with Crippen LogP contribution in [0.4, 0.5) is 0 Å². The lowest BCUT2D eigenvalue weighted by Gasteiger charge is -2.47. The zero-order valence-corrected chi connectivity index (χ0v) is 15.7. The first kappa shape index (κ1) is 18.6. The lowest BCUT2D eigenvalue weighted by atomic mass is 10.1. The summed E-state index contributed by atoms with van der Waals surface area (Å²) in [6.45, 7) is 3.77. The van der Waals surface area contributed by atoms with E-state index in [0.717, 1.165) is 5.69 Å². The number of nitrogens with zero attached hydrogens (tertiary/aromatic N) is 4. The number of aromatic nitrogens is 2. The Labute approximate surface area is 162 Å². The Morgan fingerprint density at radius 2 is 1.86 bits per heavy atom. The van der Waals surface area contributed by atoms with E-state index in [2.05, 4.69) is 9.97 Å². The van der Waals surface area contributed by atoms with Crippen molar-refractivity contribution >= 4 is 11.8 Å². The summed E-state index contributed by atoms with van der Waals surface area (Å²) in [5, 5.41) is 0. The minimum atomic E-state index is -1.03. The second-order valence-corrected chi connectivity index (χ2v) is 6.91. The van der Waals surface area contributed by atoms with Gasteiger partial charge in [0.05, 0.1) is 38.4 Å². The summed E-state index contributed by atoms with van der Waals surface area (Å²) in [6.07, 6.45) is 3.15. The standard InChI is InChI=1S/C19H22N4O5/c1-14-17(26-13-21-14)18(25)23-7-9-28-19(12-23)11-22(6-8-27-19)16(24)10-15-4-2-3-5-20-15/h2-5,13H,6-12H2,1H3. The highest BCUT2D eigenvalue weighted by molar-refractivity contribution is 5.92. The van der Waals surface area contributed by atoms with Gasteiger partial charge in [0.25, 0.3) is 5.91 Å². The van der Waals surface area contributed by atoms with Crippen molar-refractivity contribution in [3.05, 3.63) is 47.9 Å². The Hall–Kier alpha value is -2.78. The zero-order chi connectivity index (χ0) is 19.6. The van der Waals surface area contributed by atoms with Gasteiger partial charge in [-0.2, -0.15) is 0 Å². The van der Waals surface area contributed by atoms with Crippen LogP contribution in [0.5, 0.6) is 0 Å². The maximum absolute atomic E-state index is 12.8. The molecule has 0 radical (unpaired) electrons. The van der Waals surface area contributed by atoms with E-state index in [0.29, 0.717) is 32.0 Å². The third-order valence-corrected chi connectivity index (χ3v) is 4.95. The Kier molecular flexibility index (Phi) is 5.10. The largest absolute Gasteiger partial charge is 0.438 e. The molecule has 28 heavy (non-hydrogen) atoms. The van der Waals surface area contributed by atoms with E-state index in [1.54, 1.807) is 22.9 Å². The number of carbonyl (C=O) groups excluding carboxylic acids is 2. The molecular formula is C19H22N4O5. The number of oxazole rings is 1. The molecule has 0 bridgehead atoms. The van der Waals surface area contributed by atoms with Crippen LogP contribution in [0.15, 0.2) is 35.2 Å². The Morgan fingerprint density at radius 1 is 1.11 bits per heavy atom. The van der Waals surface area contributed by atoms with E-state index in [1.165, 1.54) is 6.39 Å². The third kappa shape index (κ3) is 3.76. The number of amides is 2. The summed E-state index contributed by atoms with van der Waals surface area (Å²) in [7, 11) is 0. The predicted octanol–water partition coefficient (Wildman–Crippen LogP) is 0.648. The van der Waals surface area contributed by atoms with Crippen LogP contribution in [-0.4, -0.2) is 76.8 Å². The third-order valence-electron chi connectivity index (χ3n) is 4.95. The number of hydrogen-bond donors (Lipinski definition) is 0. The predicted molar refractivity (Wildman–Crippen MR) is 96.3 cm³/mol. The van der Waals surface area contributed by atoms with Gasteiger partial charge in [-0.25, -0.2) is 4.98 Å². The van der Waals surface area contributed by atoms with Crippen LogP contribution in [0, 0.1) is 6.92 Å². The number of hydrogen-bond acceptors (Lipinski definition) is 7. The van der Waals surface area contributed by atoms with Crippen LogP contribution in [0.25, 0.3) is 0 Å². The number of ether oxygens (including phenoxy) is 2. The van der Waals surface area contributed by atoms with Gasteiger partial charge >= 0.3 is 0 Å². The topological polar surface area (TPSA) is 98.0 Å². The van der Waals surface area contributed by atoms with Crippen molar-refractivity contribution in [2.45, 2.75) is 19.1 Å². The van der Waals surface area contributed by atoms with Gasteiger partial charge < -0.3 is 23.7 Å². The Morgan fingerprint density at radius 3 is 2.54 bits per heavy atom. The van der Waals surface area contributed by atoms with E-state index in [4.69, 9.17) is 13.9 Å². The van der Waals surface area contributed by atoms with Crippen molar-refractivity contribution < 1.29 is 23.5 Å². The summed E-state index contributed by atoms with van der Waals surface area (Å²) < 4.78 is 17.0. The van der Waals surface area contributed by atoms with Gasteiger partial charge in [0.1, 0.15) is 0 Å². The minimum absolute atomic E-state index is 0.0421. The highest BCUT2D eigenvalue weighted by atomic mass is 16.7. The van der Waals surface area contributed by atoms with Gasteiger partial charge in [0.15, 0.2) is 6.39 Å². The van der Waals surface area contributed by atoms with Crippen LogP contribution in [0.2, 0.25) is 0 Å². The zero-order valence-electron chi connectivity index (χ0n) is 15.7. The van der Waals surface area contributed by atoms with Gasteiger partial charge in [0.2, 0.25) is 17.5 Å². The second kappa shape index (κ2) is 7.69. The van der Waals surface area contributed by atoms with Crippen molar-refractivity contribution in [3.63, 3.8) is 0 Å². The normalized spacial score (nSPS) is 22.5. The molecule has 2 amide bonds. The van der Waals surface area contributed by atoms with E-state index in [1.807, 2.05) is 18.2 Å². The fourth-order valence-electron chi connectivity index (χ4n) is 3.50. The molecule has 4 rings (SSSR count). The first-order chi connectivity index (χ1) is 13.6. The van der Waals surface area contributed by atoms with E-state index >= 15 is 0 Å². The SMILES string of the molecule is Cc1ncoc1C(=O)N1CCOC2(CN(C(=O)Cc3ccccn3)CCO2)C1. The minimum Gasteiger partial charge on any atom is -0.438 e. The van der Waals surface area contributed by atoms with Gasteiger partial charge in [-0.1, -0.05) is 6.07 Å². The van der Waals surface area contributed by atoms with Crippen molar-refractivity contribution in [2.24, 2.45) is 0 Å². The quantitative estimate of drug-likeness (QED) is 0.764. The van der Waals surface area contributed by atoms with Crippen LogP contribution in [-0.2, 0) is 20.7 Å².